The van der Waals surface area contributed by atoms with E-state index < -0.39 is 0 Å². The van der Waals surface area contributed by atoms with Crippen molar-refractivity contribution in [1.29, 1.82) is 0 Å². The summed E-state index contributed by atoms with van der Waals surface area (Å²) in [5.74, 6) is 1.45. The zero-order valence-corrected chi connectivity index (χ0v) is 18.0. The molecule has 1 amide bonds. The number of nitrogens with one attached hydrogen (secondary N) is 1. The maximum absolute atomic E-state index is 12.4. The zero-order chi connectivity index (χ0) is 21.6. The van der Waals surface area contributed by atoms with Crippen molar-refractivity contribution in [3.8, 4) is 5.75 Å². The molecule has 0 aliphatic rings. The minimum Gasteiger partial charge on any atom is -0.483 e. The number of benzene rings is 3. The summed E-state index contributed by atoms with van der Waals surface area (Å²) in [5, 5.41) is 2.96. The number of imidazole rings is 1. The fourth-order valence-corrected chi connectivity index (χ4v) is 3.79. The largest absolute Gasteiger partial charge is 0.483 e. The Morgan fingerprint density at radius 2 is 1.65 bits per heavy atom. The van der Waals surface area contributed by atoms with E-state index in [4.69, 9.17) is 9.72 Å². The summed E-state index contributed by atoms with van der Waals surface area (Å²) < 4.78 is 7.96. The molecule has 0 aliphatic carbocycles. The lowest BCUT2D eigenvalue weighted by molar-refractivity contribution is -0.123. The van der Waals surface area contributed by atoms with Crippen LogP contribution in [0.25, 0.3) is 11.0 Å². The fraction of sp³-hybridized carbons (Fsp3) is 0.231. The number of amides is 1. The Balaban J connectivity index is 1.43. The molecule has 31 heavy (non-hydrogen) atoms. The highest BCUT2D eigenvalue weighted by atomic mass is 16.5. The second kappa shape index (κ2) is 9.47. The predicted molar refractivity (Wildman–Crippen MR) is 123 cm³/mol. The second-order valence-corrected chi connectivity index (χ2v) is 7.69. The van der Waals surface area contributed by atoms with Crippen molar-refractivity contribution in [3.63, 3.8) is 0 Å². The molecule has 0 aliphatic heterocycles. The van der Waals surface area contributed by atoms with E-state index in [2.05, 4.69) is 40.2 Å². The van der Waals surface area contributed by atoms with Crippen LogP contribution in [0.2, 0.25) is 0 Å². The smallest absolute Gasteiger partial charge is 0.258 e. The molecule has 1 aromatic heterocycles. The van der Waals surface area contributed by atoms with Crippen molar-refractivity contribution < 1.29 is 9.53 Å². The summed E-state index contributed by atoms with van der Waals surface area (Å²) in [7, 11) is 0. The van der Waals surface area contributed by atoms with Crippen molar-refractivity contribution in [2.75, 3.05) is 6.61 Å². The number of carbonyl (C=O) groups is 1. The quantitative estimate of drug-likeness (QED) is 0.460. The number of aromatic nitrogens is 2. The van der Waals surface area contributed by atoms with Gasteiger partial charge >= 0.3 is 0 Å². The number of hydrogen-bond acceptors (Lipinski definition) is 3. The van der Waals surface area contributed by atoms with Gasteiger partial charge in [-0.25, -0.2) is 4.98 Å². The molecule has 0 spiro atoms. The van der Waals surface area contributed by atoms with Gasteiger partial charge in [0.05, 0.1) is 17.6 Å². The Kier molecular flexibility index (Phi) is 6.32. The third kappa shape index (κ3) is 4.94. The Labute approximate surface area is 182 Å². The Morgan fingerprint density at radius 3 is 2.42 bits per heavy atom. The van der Waals surface area contributed by atoms with Gasteiger partial charge in [-0.15, -0.1) is 0 Å². The summed E-state index contributed by atoms with van der Waals surface area (Å²) in [5.41, 5.74) is 5.34. The molecule has 3 aromatic carbocycles. The van der Waals surface area contributed by atoms with Crippen LogP contribution in [0.3, 0.4) is 0 Å². The van der Waals surface area contributed by atoms with Crippen molar-refractivity contribution in [1.82, 2.24) is 14.9 Å². The third-order valence-electron chi connectivity index (χ3n) is 5.40. The van der Waals surface area contributed by atoms with Crippen LogP contribution in [0, 0.1) is 13.8 Å². The highest BCUT2D eigenvalue weighted by molar-refractivity contribution is 5.78. The van der Waals surface area contributed by atoms with E-state index in [0.29, 0.717) is 6.54 Å². The average Bonchev–Trinajstić information content (AvgIpc) is 3.14. The minimum atomic E-state index is -0.163. The van der Waals surface area contributed by atoms with Crippen molar-refractivity contribution in [3.05, 3.63) is 95.3 Å². The summed E-state index contributed by atoms with van der Waals surface area (Å²) in [6, 6.07) is 24.4. The first-order valence-electron chi connectivity index (χ1n) is 10.6. The molecule has 0 bridgehead atoms. The number of ether oxygens (including phenoxy) is 1. The van der Waals surface area contributed by atoms with Crippen molar-refractivity contribution >= 4 is 16.9 Å². The molecular formula is C26H27N3O2. The number of hydrogen-bond donors (Lipinski definition) is 1. The maximum atomic E-state index is 12.4. The number of fused-ring (bicyclic) bond motifs is 1. The number of aryl methyl sites for hydroxylation is 4. The van der Waals surface area contributed by atoms with Gasteiger partial charge in [-0.05, 0) is 49.1 Å². The number of rotatable bonds is 8. The van der Waals surface area contributed by atoms with E-state index in [1.807, 2.05) is 56.3 Å². The second-order valence-electron chi connectivity index (χ2n) is 7.69. The Morgan fingerprint density at radius 1 is 0.935 bits per heavy atom. The summed E-state index contributed by atoms with van der Waals surface area (Å²) in [6.07, 6.45) is 0.901. The van der Waals surface area contributed by atoms with Gasteiger partial charge in [0.25, 0.3) is 5.91 Å². The van der Waals surface area contributed by atoms with Gasteiger partial charge in [-0.2, -0.15) is 0 Å². The van der Waals surface area contributed by atoms with E-state index in [1.165, 1.54) is 5.56 Å². The van der Waals surface area contributed by atoms with E-state index in [9.17, 15) is 4.79 Å². The third-order valence-corrected chi connectivity index (χ3v) is 5.40. The van der Waals surface area contributed by atoms with Crippen molar-refractivity contribution in [2.45, 2.75) is 33.4 Å². The molecule has 158 valence electrons. The molecule has 4 rings (SSSR count). The number of para-hydroxylation sites is 3. The van der Waals surface area contributed by atoms with Crippen LogP contribution in [-0.2, 0) is 24.3 Å². The molecular weight excluding hydrogens is 386 g/mol. The normalized spacial score (nSPS) is 10.9. The highest BCUT2D eigenvalue weighted by Crippen LogP contribution is 2.22. The lowest BCUT2D eigenvalue weighted by Gasteiger charge is -2.13. The van der Waals surface area contributed by atoms with Gasteiger partial charge in [-0.1, -0.05) is 60.7 Å². The van der Waals surface area contributed by atoms with Crippen LogP contribution in [0.1, 0.15) is 22.5 Å². The van der Waals surface area contributed by atoms with E-state index in [-0.39, 0.29) is 12.5 Å². The first-order chi connectivity index (χ1) is 15.1. The highest BCUT2D eigenvalue weighted by Gasteiger charge is 2.13. The maximum Gasteiger partial charge on any atom is 0.258 e. The molecule has 0 atom stereocenters. The molecule has 5 heteroatoms. The van der Waals surface area contributed by atoms with Gasteiger partial charge in [0.2, 0.25) is 0 Å². The first kappa shape index (κ1) is 20.7. The molecule has 0 unspecified atom stereocenters. The van der Waals surface area contributed by atoms with Crippen molar-refractivity contribution in [2.24, 2.45) is 0 Å². The molecule has 1 N–H and O–H groups in total. The topological polar surface area (TPSA) is 56.1 Å². The van der Waals surface area contributed by atoms with Gasteiger partial charge in [0.15, 0.2) is 6.61 Å². The summed E-state index contributed by atoms with van der Waals surface area (Å²) in [4.78, 5) is 17.2. The zero-order valence-electron chi connectivity index (χ0n) is 18.0. The lowest BCUT2D eigenvalue weighted by Crippen LogP contribution is -2.30. The van der Waals surface area contributed by atoms with E-state index in [1.54, 1.807) is 0 Å². The Hall–Kier alpha value is -3.60. The van der Waals surface area contributed by atoms with E-state index >= 15 is 0 Å². The first-order valence-corrected chi connectivity index (χ1v) is 10.6. The molecule has 5 nitrogen and oxygen atoms in total. The van der Waals surface area contributed by atoms with Crippen LogP contribution < -0.4 is 10.1 Å². The van der Waals surface area contributed by atoms with Crippen LogP contribution in [-0.4, -0.2) is 22.1 Å². The minimum absolute atomic E-state index is 0.0179. The molecule has 4 aromatic rings. The van der Waals surface area contributed by atoms with Crippen LogP contribution in [0.5, 0.6) is 5.75 Å². The molecule has 0 fully saturated rings. The summed E-state index contributed by atoms with van der Waals surface area (Å²) in [6.45, 7) is 5.10. The Bertz CT molecular complexity index is 1160. The molecule has 0 saturated heterocycles. The predicted octanol–water partition coefficient (Wildman–Crippen LogP) is 4.59. The lowest BCUT2D eigenvalue weighted by atomic mass is 10.1. The standard InChI is InChI=1S/C26H27N3O2/c1-19-9-8-10-20(2)26(19)31-18-25(30)27-17-24-28-22-13-6-7-14-23(22)29(24)16-15-21-11-4-3-5-12-21/h3-14H,15-18H2,1-2H3,(H,27,30). The SMILES string of the molecule is Cc1cccc(C)c1OCC(=O)NCc1nc2ccccc2n1CCc1ccccc1. The van der Waals surface area contributed by atoms with Crippen LogP contribution >= 0.6 is 0 Å². The molecule has 0 saturated carbocycles. The van der Waals surface area contributed by atoms with Crippen LogP contribution in [0.15, 0.2) is 72.8 Å². The van der Waals surface area contributed by atoms with Crippen LogP contribution in [0.4, 0.5) is 0 Å². The monoisotopic (exact) mass is 413 g/mol. The average molecular weight is 414 g/mol. The fourth-order valence-electron chi connectivity index (χ4n) is 3.79. The van der Waals surface area contributed by atoms with Gasteiger partial charge < -0.3 is 14.6 Å². The molecule has 0 radical (unpaired) electrons. The van der Waals surface area contributed by atoms with E-state index in [0.717, 1.165) is 46.7 Å². The van der Waals surface area contributed by atoms with Gasteiger partial charge in [0.1, 0.15) is 11.6 Å². The van der Waals surface area contributed by atoms with Gasteiger partial charge in [0, 0.05) is 6.54 Å². The van der Waals surface area contributed by atoms with Gasteiger partial charge in [-0.3, -0.25) is 4.79 Å². The number of nitrogens with zero attached hydrogens (tertiary/aromatic N) is 2. The summed E-state index contributed by atoms with van der Waals surface area (Å²) >= 11 is 0. The number of carbonyl (C=O) groups excluding carboxylic acids is 1. The molecule has 1 heterocycles.